The molecule has 3 rings (SSSR count). The van der Waals surface area contributed by atoms with E-state index in [1.807, 2.05) is 30.3 Å². The van der Waals surface area contributed by atoms with Gasteiger partial charge in [-0.15, -0.1) is 0 Å². The third-order valence-electron chi connectivity index (χ3n) is 5.13. The smallest absolute Gasteiger partial charge is 0.119 e. The monoisotopic (exact) mass is 316 g/mol. The summed E-state index contributed by atoms with van der Waals surface area (Å²) in [4.78, 5) is 0. The van der Waals surface area contributed by atoms with Crippen LogP contribution in [0.2, 0.25) is 0 Å². The highest BCUT2D eigenvalue weighted by Gasteiger charge is 2.48. The largest absolute Gasteiger partial charge is 0.493 e. The normalized spacial score (nSPS) is 29.4. The number of aliphatic hydroxyl groups is 1. The van der Waals surface area contributed by atoms with Crippen LogP contribution in [0.25, 0.3) is 0 Å². The van der Waals surface area contributed by atoms with Crippen LogP contribution in [0.5, 0.6) is 5.75 Å². The molecule has 126 valence electrons. The van der Waals surface area contributed by atoms with Gasteiger partial charge in [0.2, 0.25) is 0 Å². The predicted octanol–water partition coefficient (Wildman–Crippen LogP) is 3.97. The Bertz CT molecular complexity index is 485. The van der Waals surface area contributed by atoms with Gasteiger partial charge in [0, 0.05) is 12.5 Å². The maximum Gasteiger partial charge on any atom is 0.119 e. The zero-order valence-corrected chi connectivity index (χ0v) is 13.8. The summed E-state index contributed by atoms with van der Waals surface area (Å²) in [7, 11) is 0. The minimum atomic E-state index is 0.299. The first-order valence-electron chi connectivity index (χ1n) is 8.97. The molecule has 3 nitrogen and oxygen atoms in total. The van der Waals surface area contributed by atoms with Crippen molar-refractivity contribution in [2.45, 2.75) is 50.7 Å². The van der Waals surface area contributed by atoms with E-state index in [2.05, 4.69) is 12.2 Å². The van der Waals surface area contributed by atoms with Crippen LogP contribution >= 0.6 is 0 Å². The summed E-state index contributed by atoms with van der Waals surface area (Å²) in [5.41, 5.74) is 0. The molecule has 0 aliphatic carbocycles. The number of para-hydroxylation sites is 1. The zero-order valence-electron chi connectivity index (χ0n) is 13.8. The highest BCUT2D eigenvalue weighted by molar-refractivity contribution is 5.21. The second-order valence-corrected chi connectivity index (χ2v) is 6.67. The van der Waals surface area contributed by atoms with Gasteiger partial charge in [0.05, 0.1) is 18.8 Å². The number of hydrogen-bond donors (Lipinski definition) is 1. The molecule has 0 aromatic heterocycles. The van der Waals surface area contributed by atoms with Gasteiger partial charge >= 0.3 is 0 Å². The summed E-state index contributed by atoms with van der Waals surface area (Å²) < 4.78 is 12.1. The van der Waals surface area contributed by atoms with Crippen molar-refractivity contribution in [3.8, 4) is 5.75 Å². The molecule has 0 unspecified atom stereocenters. The van der Waals surface area contributed by atoms with Crippen molar-refractivity contribution in [1.29, 1.82) is 0 Å². The Kier molecular flexibility index (Phi) is 6.12. The number of unbranched alkanes of at least 4 members (excludes halogenated alkanes) is 2. The molecule has 1 aromatic carbocycles. The third kappa shape index (κ3) is 4.36. The van der Waals surface area contributed by atoms with Gasteiger partial charge in [-0.25, -0.2) is 0 Å². The number of benzene rings is 1. The number of hydrogen-bond acceptors (Lipinski definition) is 3. The summed E-state index contributed by atoms with van der Waals surface area (Å²) in [6.07, 6.45) is 11.9. The lowest BCUT2D eigenvalue weighted by Crippen LogP contribution is -2.31. The van der Waals surface area contributed by atoms with E-state index in [1.165, 1.54) is 12.8 Å². The molecular formula is C20H28O3. The lowest BCUT2D eigenvalue weighted by Gasteiger charge is -2.27. The van der Waals surface area contributed by atoms with Crippen LogP contribution in [0.15, 0.2) is 42.5 Å². The van der Waals surface area contributed by atoms with Crippen molar-refractivity contribution in [2.75, 3.05) is 13.2 Å². The average molecular weight is 316 g/mol. The van der Waals surface area contributed by atoms with Crippen molar-refractivity contribution < 1.29 is 14.6 Å². The van der Waals surface area contributed by atoms with Crippen LogP contribution < -0.4 is 4.74 Å². The van der Waals surface area contributed by atoms with Crippen LogP contribution in [-0.4, -0.2) is 30.5 Å². The van der Waals surface area contributed by atoms with E-state index in [9.17, 15) is 0 Å². The number of ether oxygens (including phenoxy) is 2. The quantitative estimate of drug-likeness (QED) is 0.553. The fraction of sp³-hybridized carbons (Fsp3) is 0.600. The molecular weight excluding hydrogens is 288 g/mol. The van der Waals surface area contributed by atoms with Gasteiger partial charge in [0.15, 0.2) is 0 Å². The van der Waals surface area contributed by atoms with Crippen LogP contribution in [0.1, 0.15) is 38.5 Å². The molecule has 0 saturated carbocycles. The van der Waals surface area contributed by atoms with Crippen LogP contribution in [0.3, 0.4) is 0 Å². The molecule has 1 N–H and O–H groups in total. The Morgan fingerprint density at radius 2 is 1.83 bits per heavy atom. The lowest BCUT2D eigenvalue weighted by atomic mass is 9.78. The van der Waals surface area contributed by atoms with Crippen molar-refractivity contribution in [1.82, 2.24) is 0 Å². The van der Waals surface area contributed by atoms with E-state index in [0.29, 0.717) is 30.7 Å². The number of fused-ring (bicyclic) bond motifs is 2. The fourth-order valence-corrected chi connectivity index (χ4v) is 3.88. The highest BCUT2D eigenvalue weighted by atomic mass is 16.5. The maximum absolute atomic E-state index is 8.80. The number of aliphatic hydroxyl groups excluding tert-OH is 1. The molecule has 0 spiro atoms. The minimum absolute atomic E-state index is 0.299. The Morgan fingerprint density at radius 3 is 2.61 bits per heavy atom. The molecule has 1 aromatic rings. The second-order valence-electron chi connectivity index (χ2n) is 6.67. The molecule has 2 aliphatic rings. The van der Waals surface area contributed by atoms with Crippen LogP contribution in [-0.2, 0) is 4.74 Å². The molecule has 23 heavy (non-hydrogen) atoms. The molecule has 2 bridgehead atoms. The molecule has 2 aliphatic heterocycles. The first kappa shape index (κ1) is 16.5. The third-order valence-corrected chi connectivity index (χ3v) is 5.13. The average Bonchev–Trinajstić information content (AvgIpc) is 3.18. The molecule has 2 fully saturated rings. The minimum Gasteiger partial charge on any atom is -0.493 e. The highest BCUT2D eigenvalue weighted by Crippen LogP contribution is 2.45. The lowest BCUT2D eigenvalue weighted by molar-refractivity contribution is 0.0810. The van der Waals surface area contributed by atoms with E-state index < -0.39 is 0 Å². The van der Waals surface area contributed by atoms with Crippen molar-refractivity contribution in [2.24, 2.45) is 11.8 Å². The van der Waals surface area contributed by atoms with E-state index >= 15 is 0 Å². The van der Waals surface area contributed by atoms with E-state index in [-0.39, 0.29) is 0 Å². The number of allylic oxidation sites excluding steroid dienone is 2. The number of rotatable bonds is 9. The van der Waals surface area contributed by atoms with Crippen molar-refractivity contribution in [3.05, 3.63) is 42.5 Å². The molecule has 0 amide bonds. The van der Waals surface area contributed by atoms with E-state index in [4.69, 9.17) is 14.6 Å². The summed E-state index contributed by atoms with van der Waals surface area (Å²) in [6, 6.07) is 10.1. The fourth-order valence-electron chi connectivity index (χ4n) is 3.88. The topological polar surface area (TPSA) is 38.7 Å². The van der Waals surface area contributed by atoms with Gasteiger partial charge in [0.1, 0.15) is 5.75 Å². The molecule has 0 radical (unpaired) electrons. The zero-order chi connectivity index (χ0) is 15.9. The molecule has 2 heterocycles. The van der Waals surface area contributed by atoms with Gasteiger partial charge in [0.25, 0.3) is 0 Å². The van der Waals surface area contributed by atoms with Gasteiger partial charge in [-0.1, -0.05) is 30.4 Å². The standard InChI is InChI=1S/C20H28O3/c21-14-8-3-1-2-7-11-17-18(20-13-12-19(17)23-20)15-22-16-9-5-4-6-10-16/h2,4-7,9-10,17-21H,1,3,8,11-15H2/b7-2-/t17-,18+,19-,20+/m0/s1. The van der Waals surface area contributed by atoms with Crippen LogP contribution in [0, 0.1) is 11.8 Å². The summed E-state index contributed by atoms with van der Waals surface area (Å²) in [6.45, 7) is 1.06. The second kappa shape index (κ2) is 8.51. The predicted molar refractivity (Wildman–Crippen MR) is 91.5 cm³/mol. The first-order valence-corrected chi connectivity index (χ1v) is 8.97. The van der Waals surface area contributed by atoms with Gasteiger partial charge in [-0.2, -0.15) is 0 Å². The summed E-state index contributed by atoms with van der Waals surface area (Å²) >= 11 is 0. The SMILES string of the molecule is OCCCC/C=C\C[C@H]1[C@@H](COc2ccccc2)[C@H]2CC[C@@H]1O2. The van der Waals surface area contributed by atoms with E-state index in [1.54, 1.807) is 0 Å². The van der Waals surface area contributed by atoms with Gasteiger partial charge in [-0.3, -0.25) is 0 Å². The van der Waals surface area contributed by atoms with Crippen LogP contribution in [0.4, 0.5) is 0 Å². The van der Waals surface area contributed by atoms with E-state index in [0.717, 1.165) is 38.0 Å². The van der Waals surface area contributed by atoms with Crippen molar-refractivity contribution >= 4 is 0 Å². The summed E-state index contributed by atoms with van der Waals surface area (Å²) in [5.74, 6) is 2.05. The molecule has 2 saturated heterocycles. The molecule has 3 heteroatoms. The van der Waals surface area contributed by atoms with Gasteiger partial charge in [-0.05, 0) is 56.6 Å². The van der Waals surface area contributed by atoms with Crippen molar-refractivity contribution in [3.63, 3.8) is 0 Å². The Balaban J connectivity index is 1.49. The Labute approximate surface area is 139 Å². The molecule has 4 atom stereocenters. The van der Waals surface area contributed by atoms with Gasteiger partial charge < -0.3 is 14.6 Å². The Hall–Kier alpha value is -1.32. The maximum atomic E-state index is 8.80. The Morgan fingerprint density at radius 1 is 1.04 bits per heavy atom. The summed E-state index contributed by atoms with van der Waals surface area (Å²) in [5, 5.41) is 8.80. The first-order chi connectivity index (χ1) is 11.4.